The Bertz CT molecular complexity index is 850. The quantitative estimate of drug-likeness (QED) is 0.902. The van der Waals surface area contributed by atoms with Crippen molar-refractivity contribution in [3.8, 4) is 0 Å². The van der Waals surface area contributed by atoms with Crippen molar-refractivity contribution in [3.63, 3.8) is 0 Å². The molecule has 3 aliphatic heterocycles. The van der Waals surface area contributed by atoms with Crippen LogP contribution in [0.5, 0.6) is 0 Å². The average Bonchev–Trinajstić information content (AvgIpc) is 2.97. The van der Waals surface area contributed by atoms with Gasteiger partial charge in [-0.25, -0.2) is 0 Å². The Labute approximate surface area is 154 Å². The van der Waals surface area contributed by atoms with Gasteiger partial charge in [-0.3, -0.25) is 4.79 Å². The van der Waals surface area contributed by atoms with Crippen molar-refractivity contribution in [2.24, 2.45) is 0 Å². The van der Waals surface area contributed by atoms with E-state index in [0.29, 0.717) is 0 Å². The number of rotatable bonds is 2. The van der Waals surface area contributed by atoms with Gasteiger partial charge in [-0.05, 0) is 44.6 Å². The number of carbonyl (C=O) groups excluding carboxylic acids is 1. The number of hydrogen-bond acceptors (Lipinski definition) is 4. The molecule has 3 aliphatic rings. The van der Waals surface area contributed by atoms with Crippen LogP contribution in [-0.2, 0) is 0 Å². The van der Waals surface area contributed by atoms with Gasteiger partial charge in [-0.1, -0.05) is 12.1 Å². The van der Waals surface area contributed by atoms with Crippen LogP contribution in [-0.4, -0.2) is 63.2 Å². The third kappa shape index (κ3) is 2.42. The molecule has 136 valence electrons. The summed E-state index contributed by atoms with van der Waals surface area (Å²) in [6, 6.07) is 10.9. The third-order valence-corrected chi connectivity index (χ3v) is 6.18. The van der Waals surface area contributed by atoms with Crippen molar-refractivity contribution in [1.82, 2.24) is 10.2 Å². The van der Waals surface area contributed by atoms with Crippen molar-refractivity contribution < 1.29 is 4.79 Å². The van der Waals surface area contributed by atoms with Crippen molar-refractivity contribution in [1.29, 1.82) is 0 Å². The molecular formula is C21H26N4O. The van der Waals surface area contributed by atoms with E-state index >= 15 is 0 Å². The molecule has 2 aromatic rings. The zero-order valence-electron chi connectivity index (χ0n) is 15.4. The van der Waals surface area contributed by atoms with Crippen LogP contribution >= 0.6 is 0 Å². The maximum Gasteiger partial charge on any atom is 0.259 e. The highest BCUT2D eigenvalue weighted by Crippen LogP contribution is 2.42. The monoisotopic (exact) mass is 350 g/mol. The summed E-state index contributed by atoms with van der Waals surface area (Å²) in [4.78, 5) is 20.1. The molecule has 1 N–H and O–H groups in total. The van der Waals surface area contributed by atoms with Crippen molar-refractivity contribution in [3.05, 3.63) is 35.9 Å². The highest BCUT2D eigenvalue weighted by atomic mass is 16.2. The number of anilines is 2. The standard InChI is InChI=1S/C21H26N4O/c1-23-10-12-24(13-11-23)18-8-7-17-20-16(18)5-2-6-19(20)25(21(17)26)15-4-3-9-22-14-15/h2,5-8,15,22H,3-4,9-14H2,1H3. The maximum atomic E-state index is 13.2. The number of amides is 1. The second kappa shape index (κ2) is 6.25. The van der Waals surface area contributed by atoms with Crippen molar-refractivity contribution in [2.75, 3.05) is 56.1 Å². The van der Waals surface area contributed by atoms with Gasteiger partial charge in [0.15, 0.2) is 0 Å². The number of likely N-dealkylation sites (N-methyl/N-ethyl adjacent to an activating group) is 1. The lowest BCUT2D eigenvalue weighted by molar-refractivity contribution is 0.0979. The minimum atomic E-state index is 0.176. The number of nitrogens with one attached hydrogen (secondary N) is 1. The van der Waals surface area contributed by atoms with Crippen LogP contribution < -0.4 is 15.1 Å². The van der Waals surface area contributed by atoms with Crippen LogP contribution in [0.4, 0.5) is 11.4 Å². The fourth-order valence-corrected chi connectivity index (χ4v) is 4.73. The zero-order valence-corrected chi connectivity index (χ0v) is 15.4. The number of hydrogen-bond donors (Lipinski definition) is 1. The Morgan fingerprint density at radius 3 is 2.65 bits per heavy atom. The Morgan fingerprint density at radius 2 is 1.88 bits per heavy atom. The highest BCUT2D eigenvalue weighted by Gasteiger charge is 2.36. The SMILES string of the molecule is CN1CCN(c2ccc3c4c(cccc24)N(C2CCCNC2)C3=O)CC1. The molecule has 0 saturated carbocycles. The van der Waals surface area contributed by atoms with E-state index < -0.39 is 0 Å². The van der Waals surface area contributed by atoms with Gasteiger partial charge in [0.05, 0.1) is 5.69 Å². The highest BCUT2D eigenvalue weighted by molar-refractivity contribution is 6.27. The summed E-state index contributed by atoms with van der Waals surface area (Å²) in [6.07, 6.45) is 2.21. The Morgan fingerprint density at radius 1 is 1.04 bits per heavy atom. The lowest BCUT2D eigenvalue weighted by Gasteiger charge is -2.34. The number of nitrogens with zero attached hydrogens (tertiary/aromatic N) is 3. The molecule has 1 amide bonds. The van der Waals surface area contributed by atoms with Crippen LogP contribution in [0.15, 0.2) is 30.3 Å². The van der Waals surface area contributed by atoms with E-state index in [2.05, 4.69) is 57.4 Å². The molecule has 0 bridgehead atoms. The number of piperidine rings is 1. The van der Waals surface area contributed by atoms with E-state index in [-0.39, 0.29) is 11.9 Å². The zero-order chi connectivity index (χ0) is 17.7. The van der Waals surface area contributed by atoms with Crippen LogP contribution in [0, 0.1) is 0 Å². The van der Waals surface area contributed by atoms with Gasteiger partial charge in [0.2, 0.25) is 0 Å². The van der Waals surface area contributed by atoms with E-state index in [1.165, 1.54) is 11.1 Å². The topological polar surface area (TPSA) is 38.8 Å². The smallest absolute Gasteiger partial charge is 0.259 e. The molecule has 2 aromatic carbocycles. The predicted molar refractivity (Wildman–Crippen MR) is 106 cm³/mol. The third-order valence-electron chi connectivity index (χ3n) is 6.18. The predicted octanol–water partition coefficient (Wildman–Crippen LogP) is 2.30. The van der Waals surface area contributed by atoms with E-state index in [4.69, 9.17) is 0 Å². The number of piperazine rings is 1. The van der Waals surface area contributed by atoms with Gasteiger partial charge < -0.3 is 20.0 Å². The summed E-state index contributed by atoms with van der Waals surface area (Å²) in [5.74, 6) is 0.176. The van der Waals surface area contributed by atoms with Gasteiger partial charge in [0.25, 0.3) is 5.91 Å². The molecule has 0 aromatic heterocycles. The Kier molecular flexibility index (Phi) is 3.87. The molecule has 2 saturated heterocycles. The van der Waals surface area contributed by atoms with Crippen LogP contribution in [0.3, 0.4) is 0 Å². The molecular weight excluding hydrogens is 324 g/mol. The fourth-order valence-electron chi connectivity index (χ4n) is 4.73. The molecule has 3 heterocycles. The molecule has 5 nitrogen and oxygen atoms in total. The molecule has 2 fully saturated rings. The van der Waals surface area contributed by atoms with E-state index in [1.807, 2.05) is 0 Å². The van der Waals surface area contributed by atoms with E-state index in [1.54, 1.807) is 0 Å². The largest absolute Gasteiger partial charge is 0.368 e. The second-order valence-electron chi connectivity index (χ2n) is 7.80. The maximum absolute atomic E-state index is 13.2. The summed E-state index contributed by atoms with van der Waals surface area (Å²) in [7, 11) is 2.18. The van der Waals surface area contributed by atoms with Gasteiger partial charge >= 0.3 is 0 Å². The summed E-state index contributed by atoms with van der Waals surface area (Å²) in [5.41, 5.74) is 3.25. The number of benzene rings is 2. The second-order valence-corrected chi connectivity index (χ2v) is 7.80. The Hall–Kier alpha value is -2.11. The normalized spacial score (nSPS) is 23.9. The fraction of sp³-hybridized carbons (Fsp3) is 0.476. The van der Waals surface area contributed by atoms with Gasteiger partial charge in [0, 0.05) is 60.8 Å². The minimum absolute atomic E-state index is 0.176. The molecule has 0 spiro atoms. The van der Waals surface area contributed by atoms with Gasteiger partial charge in [0.1, 0.15) is 0 Å². The van der Waals surface area contributed by atoms with Crippen molar-refractivity contribution in [2.45, 2.75) is 18.9 Å². The summed E-state index contributed by atoms with van der Waals surface area (Å²) >= 11 is 0. The van der Waals surface area contributed by atoms with Crippen LogP contribution in [0.25, 0.3) is 10.8 Å². The van der Waals surface area contributed by atoms with Gasteiger partial charge in [-0.15, -0.1) is 0 Å². The summed E-state index contributed by atoms with van der Waals surface area (Å²) in [6.45, 7) is 6.20. The first-order valence-electron chi connectivity index (χ1n) is 9.77. The minimum Gasteiger partial charge on any atom is -0.368 e. The average molecular weight is 350 g/mol. The molecule has 1 atom stereocenters. The molecule has 5 rings (SSSR count). The molecule has 26 heavy (non-hydrogen) atoms. The molecule has 5 heteroatoms. The Balaban J connectivity index is 1.59. The van der Waals surface area contributed by atoms with Crippen LogP contribution in [0.2, 0.25) is 0 Å². The molecule has 1 unspecified atom stereocenters. The first-order chi connectivity index (χ1) is 12.7. The first-order valence-corrected chi connectivity index (χ1v) is 9.77. The molecule has 0 aliphatic carbocycles. The van der Waals surface area contributed by atoms with Crippen LogP contribution in [0.1, 0.15) is 23.2 Å². The van der Waals surface area contributed by atoms with E-state index in [0.717, 1.165) is 68.7 Å². The molecule has 0 radical (unpaired) electrons. The van der Waals surface area contributed by atoms with Gasteiger partial charge in [-0.2, -0.15) is 0 Å². The summed E-state index contributed by atoms with van der Waals surface area (Å²) in [5, 5.41) is 5.83. The van der Waals surface area contributed by atoms with E-state index in [9.17, 15) is 4.79 Å². The lowest BCUT2D eigenvalue weighted by Crippen LogP contribution is -2.47. The van der Waals surface area contributed by atoms with Crippen molar-refractivity contribution >= 4 is 28.1 Å². The number of carbonyl (C=O) groups is 1. The first kappa shape index (κ1) is 16.1. The summed E-state index contributed by atoms with van der Waals surface area (Å²) < 4.78 is 0. The lowest BCUT2D eigenvalue weighted by atomic mass is 10.0.